The Bertz CT molecular complexity index is 516. The van der Waals surface area contributed by atoms with Crippen LogP contribution >= 0.6 is 0 Å². The summed E-state index contributed by atoms with van der Waals surface area (Å²) < 4.78 is 1.71. The molecule has 2 aromatic rings. The molecule has 0 fully saturated rings. The normalized spacial score (nSPS) is 10.6. The maximum atomic E-state index is 10.7. The number of aromatic nitrogens is 2. The van der Waals surface area contributed by atoms with Gasteiger partial charge in [-0.25, -0.2) is 9.78 Å². The van der Waals surface area contributed by atoms with E-state index >= 15 is 0 Å². The molecule has 14 heavy (non-hydrogen) atoms. The number of carboxylic acids is 1. The van der Waals surface area contributed by atoms with Crippen LogP contribution in [0.25, 0.3) is 11.0 Å². The van der Waals surface area contributed by atoms with Gasteiger partial charge in [0.25, 0.3) is 0 Å². The van der Waals surface area contributed by atoms with E-state index in [1.165, 1.54) is 12.1 Å². The molecule has 72 valence electrons. The van der Waals surface area contributed by atoms with Crippen molar-refractivity contribution in [1.29, 1.82) is 0 Å². The van der Waals surface area contributed by atoms with E-state index in [2.05, 4.69) is 4.98 Å². The first-order valence-electron chi connectivity index (χ1n) is 4.05. The molecule has 1 aromatic heterocycles. The van der Waals surface area contributed by atoms with Crippen LogP contribution in [-0.4, -0.2) is 20.6 Å². The molecule has 3 N–H and O–H groups in total. The van der Waals surface area contributed by atoms with Gasteiger partial charge < -0.3 is 15.4 Å². The Labute approximate surface area is 79.8 Å². The molecule has 1 heterocycles. The van der Waals surface area contributed by atoms with Crippen molar-refractivity contribution in [2.75, 3.05) is 5.73 Å². The highest BCUT2D eigenvalue weighted by molar-refractivity contribution is 5.92. The predicted octanol–water partition coefficient (Wildman–Crippen LogP) is 0.854. The molecule has 0 aliphatic heterocycles. The van der Waals surface area contributed by atoms with Crippen molar-refractivity contribution in [2.24, 2.45) is 7.05 Å². The largest absolute Gasteiger partial charge is 0.478 e. The van der Waals surface area contributed by atoms with E-state index in [0.29, 0.717) is 11.5 Å². The lowest BCUT2D eigenvalue weighted by Crippen LogP contribution is -1.96. The topological polar surface area (TPSA) is 81.1 Å². The second kappa shape index (κ2) is 2.73. The Balaban J connectivity index is 2.73. The molecule has 0 unspecified atom stereocenters. The molecule has 0 bridgehead atoms. The molecule has 5 heteroatoms. The number of benzene rings is 1. The van der Waals surface area contributed by atoms with Crippen LogP contribution in [0, 0.1) is 0 Å². The molecular formula is C9H9N3O2. The molecule has 0 aliphatic carbocycles. The fourth-order valence-corrected chi connectivity index (χ4v) is 1.35. The van der Waals surface area contributed by atoms with E-state index in [1.807, 2.05) is 0 Å². The minimum atomic E-state index is -0.962. The highest BCUT2D eigenvalue weighted by Gasteiger charge is 2.08. The third kappa shape index (κ3) is 1.10. The molecule has 1 aromatic carbocycles. The minimum absolute atomic E-state index is 0.218. The van der Waals surface area contributed by atoms with Gasteiger partial charge in [0.05, 0.1) is 16.6 Å². The molecule has 5 nitrogen and oxygen atoms in total. The van der Waals surface area contributed by atoms with Crippen molar-refractivity contribution in [3.05, 3.63) is 23.8 Å². The van der Waals surface area contributed by atoms with Gasteiger partial charge in [-0.1, -0.05) is 0 Å². The lowest BCUT2D eigenvalue weighted by atomic mass is 10.2. The van der Waals surface area contributed by atoms with Crippen LogP contribution in [0.3, 0.4) is 0 Å². The van der Waals surface area contributed by atoms with Crippen molar-refractivity contribution in [3.8, 4) is 0 Å². The summed E-state index contributed by atoms with van der Waals surface area (Å²) in [6.07, 6.45) is 0. The van der Waals surface area contributed by atoms with Crippen molar-refractivity contribution >= 4 is 23.0 Å². The summed E-state index contributed by atoms with van der Waals surface area (Å²) in [7, 11) is 1.78. The third-order valence-corrected chi connectivity index (χ3v) is 2.16. The molecule has 0 spiro atoms. The molecule has 0 atom stereocenters. The van der Waals surface area contributed by atoms with Crippen LogP contribution in [-0.2, 0) is 7.05 Å². The van der Waals surface area contributed by atoms with Crippen LogP contribution in [0.1, 0.15) is 10.4 Å². The predicted molar refractivity (Wildman–Crippen MR) is 52.1 cm³/mol. The Morgan fingerprint density at radius 3 is 2.93 bits per heavy atom. The standard InChI is InChI=1S/C9H9N3O2/c1-12-7-3-2-5(8(13)14)4-6(7)11-9(12)10/h2-4H,1H3,(H2,10,11)(H,13,14). The smallest absolute Gasteiger partial charge is 0.335 e. The number of fused-ring (bicyclic) bond motifs is 1. The van der Waals surface area contributed by atoms with E-state index < -0.39 is 5.97 Å². The number of carbonyl (C=O) groups is 1. The highest BCUT2D eigenvalue weighted by atomic mass is 16.4. The number of carboxylic acid groups (broad SMARTS) is 1. The van der Waals surface area contributed by atoms with Crippen molar-refractivity contribution < 1.29 is 9.90 Å². The van der Waals surface area contributed by atoms with Gasteiger partial charge in [0.15, 0.2) is 0 Å². The molecule has 0 radical (unpaired) electrons. The number of rotatable bonds is 1. The number of aromatic carboxylic acids is 1. The lowest BCUT2D eigenvalue weighted by molar-refractivity contribution is 0.0697. The van der Waals surface area contributed by atoms with Crippen LogP contribution in [0.5, 0.6) is 0 Å². The number of aryl methyl sites for hydroxylation is 1. The quantitative estimate of drug-likeness (QED) is 0.700. The third-order valence-electron chi connectivity index (χ3n) is 2.16. The summed E-state index contributed by atoms with van der Waals surface area (Å²) in [6, 6.07) is 4.74. The van der Waals surface area contributed by atoms with E-state index in [9.17, 15) is 4.79 Å². The number of hydrogen-bond donors (Lipinski definition) is 2. The maximum absolute atomic E-state index is 10.7. The number of nitrogens with zero attached hydrogens (tertiary/aromatic N) is 2. The van der Waals surface area contributed by atoms with Crippen LogP contribution in [0.2, 0.25) is 0 Å². The molecular weight excluding hydrogens is 182 g/mol. The van der Waals surface area contributed by atoms with Gasteiger partial charge in [-0.05, 0) is 18.2 Å². The van der Waals surface area contributed by atoms with Gasteiger partial charge in [0.1, 0.15) is 0 Å². The Morgan fingerprint density at radius 1 is 1.57 bits per heavy atom. The fourth-order valence-electron chi connectivity index (χ4n) is 1.35. The number of anilines is 1. The number of nitrogens with two attached hydrogens (primary N) is 1. The second-order valence-electron chi connectivity index (χ2n) is 3.04. The SMILES string of the molecule is Cn1c(N)nc2cc(C(=O)O)ccc21. The zero-order valence-corrected chi connectivity index (χ0v) is 7.56. The van der Waals surface area contributed by atoms with Gasteiger partial charge >= 0.3 is 5.97 Å². The molecule has 0 saturated heterocycles. The first-order valence-corrected chi connectivity index (χ1v) is 4.05. The maximum Gasteiger partial charge on any atom is 0.335 e. The Hall–Kier alpha value is -2.04. The minimum Gasteiger partial charge on any atom is -0.478 e. The summed E-state index contributed by atoms with van der Waals surface area (Å²) in [5.41, 5.74) is 7.23. The van der Waals surface area contributed by atoms with E-state index in [0.717, 1.165) is 5.52 Å². The zero-order valence-electron chi connectivity index (χ0n) is 7.56. The molecule has 0 saturated carbocycles. The number of hydrogen-bond acceptors (Lipinski definition) is 3. The van der Waals surface area contributed by atoms with Crippen molar-refractivity contribution in [3.63, 3.8) is 0 Å². The van der Waals surface area contributed by atoms with Gasteiger partial charge in [0.2, 0.25) is 5.95 Å². The van der Waals surface area contributed by atoms with Crippen LogP contribution < -0.4 is 5.73 Å². The number of nitrogen functional groups attached to an aromatic ring is 1. The second-order valence-corrected chi connectivity index (χ2v) is 3.04. The van der Waals surface area contributed by atoms with Crippen molar-refractivity contribution in [1.82, 2.24) is 9.55 Å². The van der Waals surface area contributed by atoms with E-state index in [-0.39, 0.29) is 5.56 Å². The number of imidazole rings is 1. The fraction of sp³-hybridized carbons (Fsp3) is 0.111. The molecule has 0 amide bonds. The molecule has 0 aliphatic rings. The van der Waals surface area contributed by atoms with Crippen molar-refractivity contribution in [2.45, 2.75) is 0 Å². The molecule has 2 rings (SSSR count). The summed E-state index contributed by atoms with van der Waals surface area (Å²) in [5.74, 6) is -0.585. The first kappa shape index (κ1) is 8.55. The van der Waals surface area contributed by atoms with Gasteiger partial charge in [0, 0.05) is 7.05 Å². The van der Waals surface area contributed by atoms with Gasteiger partial charge in [-0.15, -0.1) is 0 Å². The summed E-state index contributed by atoms with van der Waals surface area (Å²) in [6.45, 7) is 0. The van der Waals surface area contributed by atoms with E-state index in [1.54, 1.807) is 17.7 Å². The lowest BCUT2D eigenvalue weighted by Gasteiger charge is -1.96. The first-order chi connectivity index (χ1) is 6.59. The Morgan fingerprint density at radius 2 is 2.29 bits per heavy atom. The van der Waals surface area contributed by atoms with Gasteiger partial charge in [-0.3, -0.25) is 0 Å². The van der Waals surface area contributed by atoms with Crippen LogP contribution in [0.15, 0.2) is 18.2 Å². The van der Waals surface area contributed by atoms with Crippen LogP contribution in [0.4, 0.5) is 5.95 Å². The summed E-state index contributed by atoms with van der Waals surface area (Å²) in [5, 5.41) is 8.75. The Kier molecular flexibility index (Phi) is 1.67. The summed E-state index contributed by atoms with van der Waals surface area (Å²) in [4.78, 5) is 14.7. The zero-order chi connectivity index (χ0) is 10.3. The average Bonchev–Trinajstić information content (AvgIpc) is 2.42. The monoisotopic (exact) mass is 191 g/mol. The average molecular weight is 191 g/mol. The van der Waals surface area contributed by atoms with Gasteiger partial charge in [-0.2, -0.15) is 0 Å². The van der Waals surface area contributed by atoms with E-state index in [4.69, 9.17) is 10.8 Å². The highest BCUT2D eigenvalue weighted by Crippen LogP contribution is 2.17. The summed E-state index contributed by atoms with van der Waals surface area (Å²) >= 11 is 0.